The molecule has 0 bridgehead atoms. The number of pyridine rings is 2. The summed E-state index contributed by atoms with van der Waals surface area (Å²) in [6.45, 7) is 15.2. The van der Waals surface area contributed by atoms with Gasteiger partial charge in [-0.2, -0.15) is 0 Å². The molecular weight excluding hydrogens is 1010 g/mol. The Labute approximate surface area is 403 Å². The topological polar surface area (TPSA) is 94.0 Å². The molecule has 0 saturated carbocycles. The van der Waals surface area contributed by atoms with Gasteiger partial charge < -0.3 is 19.1 Å². The van der Waals surface area contributed by atoms with E-state index in [0.717, 1.165) is 78.5 Å². The van der Waals surface area contributed by atoms with E-state index in [9.17, 15) is 9.18 Å². The number of furan rings is 1. The molecule has 4 aromatic heterocycles. The normalized spacial score (nSPS) is 11.6. The number of imidazole rings is 1. The zero-order valence-corrected chi connectivity index (χ0v) is 40.7. The van der Waals surface area contributed by atoms with Crippen LogP contribution in [-0.4, -0.2) is 30.6 Å². The Kier molecular flexibility index (Phi) is 13.2. The van der Waals surface area contributed by atoms with Crippen LogP contribution >= 0.6 is 0 Å². The van der Waals surface area contributed by atoms with Crippen LogP contribution in [0.1, 0.15) is 87.4 Å². The Morgan fingerprint density at radius 3 is 1.99 bits per heavy atom. The first-order valence-corrected chi connectivity index (χ1v) is 22.2. The second kappa shape index (κ2) is 19.0. The van der Waals surface area contributed by atoms with Crippen molar-refractivity contribution in [3.63, 3.8) is 0 Å². The fraction of sp³-hybridized carbons (Fsp3) is 0.172. The Balaban J connectivity index is 0.000000244. The van der Waals surface area contributed by atoms with Gasteiger partial charge in [0, 0.05) is 48.8 Å². The van der Waals surface area contributed by atoms with Crippen LogP contribution in [0.3, 0.4) is 0 Å². The van der Waals surface area contributed by atoms with Crippen LogP contribution in [0.2, 0.25) is 0 Å². The van der Waals surface area contributed by atoms with Crippen molar-refractivity contribution in [1.82, 2.24) is 19.5 Å². The molecule has 0 fully saturated rings. The molecule has 4 heterocycles. The van der Waals surface area contributed by atoms with Gasteiger partial charge >= 0.3 is 0 Å². The largest absolute Gasteiger partial charge is 0.501 e. The number of aromatic nitrogens is 4. The van der Waals surface area contributed by atoms with Crippen LogP contribution in [0.4, 0.5) is 4.39 Å². The van der Waals surface area contributed by atoms with Gasteiger partial charge in [0.15, 0.2) is 5.65 Å². The summed E-state index contributed by atoms with van der Waals surface area (Å²) in [5, 5.41) is 10.9. The van der Waals surface area contributed by atoms with Gasteiger partial charge in [-0.25, -0.2) is 4.98 Å². The van der Waals surface area contributed by atoms with Crippen LogP contribution in [0.15, 0.2) is 156 Å². The fourth-order valence-corrected chi connectivity index (χ4v) is 8.39. The first-order chi connectivity index (χ1) is 31.8. The number of para-hydroxylation sites is 1. The van der Waals surface area contributed by atoms with E-state index >= 15 is 0 Å². The SMILES string of the molecule is CC(C)(C)c1ccc(-c2[c-]cc(C(=O)O)cc2F)nc1.CC(C)c1cccc(C(C)C)c1-n1c(-c2[c-]ccc3c2oc2cc(-c4ccccc4)ccc23)nc2nc(-c3ccccc3)ccc21.[Ir]. The minimum atomic E-state index is -1.18. The number of carboxylic acids is 1. The van der Waals surface area contributed by atoms with Crippen LogP contribution in [0, 0.1) is 17.9 Å². The van der Waals surface area contributed by atoms with Crippen molar-refractivity contribution < 1.29 is 38.8 Å². The van der Waals surface area contributed by atoms with Crippen LogP contribution in [-0.2, 0) is 25.5 Å². The summed E-state index contributed by atoms with van der Waals surface area (Å²) in [6, 6.07) is 54.2. The third-order valence-corrected chi connectivity index (χ3v) is 11.9. The Morgan fingerprint density at radius 2 is 1.37 bits per heavy atom. The molecule has 0 saturated heterocycles. The average molecular weight is 1060 g/mol. The Morgan fingerprint density at radius 1 is 0.701 bits per heavy atom. The maximum absolute atomic E-state index is 13.9. The van der Waals surface area contributed by atoms with Crippen molar-refractivity contribution in [3.8, 4) is 50.7 Å². The molecule has 0 atom stereocenters. The van der Waals surface area contributed by atoms with Gasteiger partial charge in [0.25, 0.3) is 5.97 Å². The van der Waals surface area contributed by atoms with E-state index < -0.39 is 11.8 Å². The standard InChI is InChI=1S/C42H34N3O.C16H15FNO2.Ir/c1-26(2)31-17-11-18-32(27(3)4)39(31)45-37-24-23-36(29-15-9-6-10-16-29)43-41(37)44-42(45)35-20-12-19-34-33-22-21-30(25-38(33)46-40(34)35)28-13-7-5-8-14-28;1-16(2,3)11-5-7-14(18-9-11)12-6-4-10(15(19)20)8-13(12)17;/h5-19,21-27H,1-4H3;4-5,7-9H,1-3H3,(H,19,20);/q2*-1;. The predicted octanol–water partition coefficient (Wildman–Crippen LogP) is 15.0. The first-order valence-electron chi connectivity index (χ1n) is 22.2. The fourth-order valence-electron chi connectivity index (χ4n) is 8.39. The van der Waals surface area contributed by atoms with Crippen molar-refractivity contribution in [1.29, 1.82) is 0 Å². The number of halogens is 1. The summed E-state index contributed by atoms with van der Waals surface area (Å²) in [6.07, 6.45) is 1.70. The quantitative estimate of drug-likeness (QED) is 0.152. The van der Waals surface area contributed by atoms with Gasteiger partial charge in [0.1, 0.15) is 5.58 Å². The summed E-state index contributed by atoms with van der Waals surface area (Å²) in [7, 11) is 0. The molecule has 67 heavy (non-hydrogen) atoms. The van der Waals surface area contributed by atoms with E-state index in [4.69, 9.17) is 19.5 Å². The van der Waals surface area contributed by atoms with E-state index in [1.165, 1.54) is 17.2 Å². The molecule has 6 aromatic carbocycles. The number of hydrogen-bond donors (Lipinski definition) is 1. The van der Waals surface area contributed by atoms with Crippen molar-refractivity contribution in [2.75, 3.05) is 0 Å². The molecule has 1 N–H and O–H groups in total. The van der Waals surface area contributed by atoms with E-state index in [1.54, 1.807) is 12.3 Å². The number of carbonyl (C=O) groups is 1. The molecule has 0 aliphatic heterocycles. The molecule has 10 rings (SSSR count). The first kappa shape index (κ1) is 46.5. The summed E-state index contributed by atoms with van der Waals surface area (Å²) in [5.41, 5.74) is 13.5. The maximum atomic E-state index is 13.9. The minimum Gasteiger partial charge on any atom is -0.501 e. The number of rotatable bonds is 8. The number of aromatic carboxylic acids is 1. The number of hydrogen-bond acceptors (Lipinski definition) is 5. The van der Waals surface area contributed by atoms with Crippen molar-refractivity contribution in [2.45, 2.75) is 65.7 Å². The van der Waals surface area contributed by atoms with E-state index in [-0.39, 0.29) is 36.6 Å². The van der Waals surface area contributed by atoms with Crippen LogP contribution in [0.25, 0.3) is 83.8 Å². The number of fused-ring (bicyclic) bond motifs is 4. The smallest absolute Gasteiger partial charge is 0.292 e. The Bertz CT molecular complexity index is 3360. The molecule has 0 aliphatic carbocycles. The molecule has 10 aromatic rings. The van der Waals surface area contributed by atoms with E-state index in [2.05, 4.69) is 161 Å². The summed E-state index contributed by atoms with van der Waals surface area (Å²) < 4.78 is 22.9. The summed E-state index contributed by atoms with van der Waals surface area (Å²) in [4.78, 5) is 25.4. The minimum absolute atomic E-state index is 0. The molecular formula is C58H49FIrN4O3-2. The van der Waals surface area contributed by atoms with Crippen LogP contribution < -0.4 is 0 Å². The second-order valence-corrected chi connectivity index (χ2v) is 18.1. The number of nitrogens with zero attached hydrogens (tertiary/aromatic N) is 4. The van der Waals surface area contributed by atoms with Gasteiger partial charge in [-0.1, -0.05) is 174 Å². The molecule has 0 spiro atoms. The third-order valence-electron chi connectivity index (χ3n) is 11.9. The van der Waals surface area contributed by atoms with Gasteiger partial charge in [-0.3, -0.25) is 14.2 Å². The predicted molar refractivity (Wildman–Crippen MR) is 264 cm³/mol. The summed E-state index contributed by atoms with van der Waals surface area (Å²) >= 11 is 0. The zero-order valence-electron chi connectivity index (χ0n) is 38.4. The van der Waals surface area contributed by atoms with Crippen molar-refractivity contribution in [2.24, 2.45) is 0 Å². The number of carboxylic acid groups (broad SMARTS) is 1. The Hall–Kier alpha value is -7.06. The monoisotopic (exact) mass is 1060 g/mol. The molecule has 7 nitrogen and oxygen atoms in total. The van der Waals surface area contributed by atoms with Gasteiger partial charge in [0.05, 0.1) is 22.6 Å². The molecule has 0 unspecified atom stereocenters. The zero-order chi connectivity index (χ0) is 46.3. The molecule has 337 valence electrons. The molecule has 9 heteroatoms. The van der Waals surface area contributed by atoms with Crippen molar-refractivity contribution in [3.05, 3.63) is 192 Å². The maximum Gasteiger partial charge on any atom is 0.292 e. The van der Waals surface area contributed by atoms with Crippen LogP contribution in [0.5, 0.6) is 0 Å². The second-order valence-electron chi connectivity index (χ2n) is 18.1. The molecule has 1 radical (unpaired) electrons. The van der Waals surface area contributed by atoms with Gasteiger partial charge in [-0.15, -0.1) is 30.3 Å². The number of benzene rings is 6. The van der Waals surface area contributed by atoms with E-state index in [1.807, 2.05) is 36.4 Å². The van der Waals surface area contributed by atoms with E-state index in [0.29, 0.717) is 23.2 Å². The summed E-state index contributed by atoms with van der Waals surface area (Å²) in [5.74, 6) is -0.435. The molecule has 0 aliphatic rings. The van der Waals surface area contributed by atoms with Gasteiger partial charge in [-0.05, 0) is 74.5 Å². The van der Waals surface area contributed by atoms with Gasteiger partial charge in [0.2, 0.25) is 0 Å². The van der Waals surface area contributed by atoms with Crippen molar-refractivity contribution >= 4 is 39.1 Å². The molecule has 0 amide bonds. The third kappa shape index (κ3) is 9.22. The average Bonchev–Trinajstić information content (AvgIpc) is 3.89.